The summed E-state index contributed by atoms with van der Waals surface area (Å²) in [5, 5.41) is 15.5. The Balaban J connectivity index is 1.36. The van der Waals surface area contributed by atoms with Crippen molar-refractivity contribution < 1.29 is 14.6 Å². The van der Waals surface area contributed by atoms with Gasteiger partial charge in [-0.25, -0.2) is 4.98 Å². The largest absolute Gasteiger partial charge is 0.506 e. The molecule has 6 nitrogen and oxygen atoms in total. The van der Waals surface area contributed by atoms with Crippen molar-refractivity contribution in [2.75, 3.05) is 31.6 Å². The van der Waals surface area contributed by atoms with E-state index >= 15 is 0 Å². The van der Waals surface area contributed by atoms with Crippen LogP contribution in [0.5, 0.6) is 5.75 Å². The van der Waals surface area contributed by atoms with E-state index in [1.807, 2.05) is 12.3 Å². The van der Waals surface area contributed by atoms with Gasteiger partial charge in [-0.2, -0.15) is 0 Å². The Morgan fingerprint density at radius 3 is 2.73 bits per heavy atom. The number of hydrogen-bond acceptors (Lipinski definition) is 6. The Hall–Kier alpha value is -2.74. The molecule has 2 aromatic carbocycles. The number of aryl methyl sites for hydroxylation is 1. The fourth-order valence-corrected chi connectivity index (χ4v) is 4.23. The van der Waals surface area contributed by atoms with E-state index in [4.69, 9.17) is 4.74 Å². The van der Waals surface area contributed by atoms with Crippen LogP contribution in [0.1, 0.15) is 16.8 Å². The number of aromatic nitrogens is 1. The van der Waals surface area contributed by atoms with E-state index in [0.717, 1.165) is 54.7 Å². The number of thiazole rings is 1. The molecule has 0 bridgehead atoms. The number of morpholine rings is 1. The number of anilines is 1. The predicted octanol–water partition coefficient (Wildman–Crippen LogP) is 3.84. The summed E-state index contributed by atoms with van der Waals surface area (Å²) < 4.78 is 5.40. The Kier molecular flexibility index (Phi) is 6.42. The molecule has 156 valence electrons. The van der Waals surface area contributed by atoms with Gasteiger partial charge in [0.05, 0.1) is 31.0 Å². The van der Waals surface area contributed by atoms with E-state index in [1.54, 1.807) is 18.2 Å². The molecule has 0 spiro atoms. The average Bonchev–Trinajstić information content (AvgIpc) is 3.20. The highest BCUT2D eigenvalue weighted by molar-refractivity contribution is 7.13. The summed E-state index contributed by atoms with van der Waals surface area (Å²) in [6.07, 6.45) is 0.166. The van der Waals surface area contributed by atoms with Gasteiger partial charge in [0.1, 0.15) is 10.8 Å². The first-order valence-corrected chi connectivity index (χ1v) is 10.9. The summed E-state index contributed by atoms with van der Waals surface area (Å²) in [5.41, 5.74) is 4.43. The highest BCUT2D eigenvalue weighted by Gasteiger charge is 2.13. The molecule has 0 radical (unpaired) electrons. The van der Waals surface area contributed by atoms with Gasteiger partial charge < -0.3 is 15.2 Å². The molecular formula is C23H25N3O3S. The molecule has 0 atom stereocenters. The third-order valence-electron chi connectivity index (χ3n) is 5.03. The number of carbonyl (C=O) groups excluding carboxylic acids is 1. The number of aromatic hydroxyl groups is 1. The van der Waals surface area contributed by atoms with Crippen LogP contribution in [-0.4, -0.2) is 47.2 Å². The molecule has 1 amide bonds. The second-order valence-corrected chi connectivity index (χ2v) is 8.33. The van der Waals surface area contributed by atoms with Crippen molar-refractivity contribution in [3.8, 4) is 16.3 Å². The zero-order valence-electron chi connectivity index (χ0n) is 16.9. The summed E-state index contributed by atoms with van der Waals surface area (Å²) >= 11 is 1.53. The first kappa shape index (κ1) is 20.5. The molecule has 0 aliphatic carbocycles. The highest BCUT2D eigenvalue weighted by Crippen LogP contribution is 2.26. The monoisotopic (exact) mass is 423 g/mol. The molecule has 1 aliphatic heterocycles. The minimum absolute atomic E-state index is 0.0603. The maximum atomic E-state index is 12.4. The van der Waals surface area contributed by atoms with Crippen LogP contribution in [0.3, 0.4) is 0 Å². The summed E-state index contributed by atoms with van der Waals surface area (Å²) in [7, 11) is 0. The van der Waals surface area contributed by atoms with E-state index in [-0.39, 0.29) is 18.1 Å². The predicted molar refractivity (Wildman–Crippen MR) is 119 cm³/mol. The lowest BCUT2D eigenvalue weighted by molar-refractivity contribution is -0.115. The topological polar surface area (TPSA) is 74.7 Å². The molecule has 30 heavy (non-hydrogen) atoms. The number of amides is 1. The van der Waals surface area contributed by atoms with Crippen LogP contribution in [0.4, 0.5) is 5.69 Å². The lowest BCUT2D eigenvalue weighted by Gasteiger charge is -2.26. The molecule has 0 unspecified atom stereocenters. The van der Waals surface area contributed by atoms with Gasteiger partial charge in [-0.3, -0.25) is 9.69 Å². The van der Waals surface area contributed by atoms with Gasteiger partial charge in [0.15, 0.2) is 0 Å². The number of phenolic OH excluding ortho intramolecular Hbond substituents is 1. The summed E-state index contributed by atoms with van der Waals surface area (Å²) in [4.78, 5) is 19.4. The number of benzene rings is 2. The molecule has 1 fully saturated rings. The Morgan fingerprint density at radius 1 is 1.20 bits per heavy atom. The number of hydrogen-bond donors (Lipinski definition) is 2. The number of nitrogens with zero attached hydrogens (tertiary/aromatic N) is 2. The number of carbonyl (C=O) groups is 1. The van der Waals surface area contributed by atoms with Gasteiger partial charge in [-0.15, -0.1) is 11.3 Å². The molecule has 0 saturated carbocycles. The Bertz CT molecular complexity index is 1010. The lowest BCUT2D eigenvalue weighted by Crippen LogP contribution is -2.35. The molecule has 1 aliphatic rings. The second-order valence-electron chi connectivity index (χ2n) is 7.47. The average molecular weight is 424 g/mol. The molecule has 2 heterocycles. The molecular weight excluding hydrogens is 398 g/mol. The number of rotatable bonds is 6. The molecule has 3 aromatic rings. The van der Waals surface area contributed by atoms with Gasteiger partial charge in [-0.05, 0) is 30.2 Å². The van der Waals surface area contributed by atoms with Crippen LogP contribution in [0.2, 0.25) is 0 Å². The SMILES string of the molecule is Cc1ccc(O)c(NC(=O)Cc2csc(-c3ccc(CN4CCOCC4)cc3)n2)c1. The molecule has 4 rings (SSSR count). The molecule has 7 heteroatoms. The molecule has 1 aromatic heterocycles. The molecule has 1 saturated heterocycles. The fraction of sp³-hybridized carbons (Fsp3) is 0.304. The fourth-order valence-electron chi connectivity index (χ4n) is 3.40. The van der Waals surface area contributed by atoms with Gasteiger partial charge in [0.2, 0.25) is 5.91 Å². The van der Waals surface area contributed by atoms with E-state index in [2.05, 4.69) is 39.5 Å². The quantitative estimate of drug-likeness (QED) is 0.590. The smallest absolute Gasteiger partial charge is 0.230 e. The third kappa shape index (κ3) is 5.24. The van der Waals surface area contributed by atoms with Crippen molar-refractivity contribution in [3.63, 3.8) is 0 Å². The van der Waals surface area contributed by atoms with E-state index in [9.17, 15) is 9.90 Å². The van der Waals surface area contributed by atoms with Crippen molar-refractivity contribution in [2.45, 2.75) is 19.9 Å². The first-order chi connectivity index (χ1) is 14.6. The Morgan fingerprint density at radius 2 is 1.97 bits per heavy atom. The van der Waals surface area contributed by atoms with Crippen molar-refractivity contribution in [3.05, 3.63) is 64.7 Å². The van der Waals surface area contributed by atoms with Gasteiger partial charge in [0, 0.05) is 30.6 Å². The van der Waals surface area contributed by atoms with E-state index in [0.29, 0.717) is 5.69 Å². The normalized spacial score (nSPS) is 14.6. The minimum Gasteiger partial charge on any atom is -0.506 e. The maximum Gasteiger partial charge on any atom is 0.230 e. The first-order valence-electron chi connectivity index (χ1n) is 10.00. The number of phenols is 1. The zero-order valence-corrected chi connectivity index (χ0v) is 17.7. The maximum absolute atomic E-state index is 12.4. The lowest BCUT2D eigenvalue weighted by atomic mass is 10.1. The van der Waals surface area contributed by atoms with Gasteiger partial charge in [-0.1, -0.05) is 30.3 Å². The molecule has 2 N–H and O–H groups in total. The minimum atomic E-state index is -0.200. The van der Waals surface area contributed by atoms with Crippen molar-refractivity contribution >= 4 is 22.9 Å². The van der Waals surface area contributed by atoms with Gasteiger partial charge in [0.25, 0.3) is 0 Å². The van der Waals surface area contributed by atoms with Crippen molar-refractivity contribution in [1.29, 1.82) is 0 Å². The van der Waals surface area contributed by atoms with Crippen LogP contribution in [-0.2, 0) is 22.5 Å². The standard InChI is InChI=1S/C23H25N3O3S/c1-16-2-7-21(27)20(12-16)25-22(28)13-19-15-30-23(24-19)18-5-3-17(4-6-18)14-26-8-10-29-11-9-26/h2-7,12,15,27H,8-11,13-14H2,1H3,(H,25,28). The summed E-state index contributed by atoms with van der Waals surface area (Å²) in [5.74, 6) is -0.140. The van der Waals surface area contributed by atoms with Gasteiger partial charge >= 0.3 is 0 Å². The van der Waals surface area contributed by atoms with Crippen LogP contribution in [0.25, 0.3) is 10.6 Å². The number of ether oxygens (including phenoxy) is 1. The second kappa shape index (κ2) is 9.38. The number of nitrogens with one attached hydrogen (secondary N) is 1. The van der Waals surface area contributed by atoms with Crippen LogP contribution in [0.15, 0.2) is 47.8 Å². The van der Waals surface area contributed by atoms with Crippen LogP contribution in [0, 0.1) is 6.92 Å². The highest BCUT2D eigenvalue weighted by atomic mass is 32.1. The van der Waals surface area contributed by atoms with E-state index in [1.165, 1.54) is 16.9 Å². The summed E-state index contributed by atoms with van der Waals surface area (Å²) in [6.45, 7) is 6.39. The zero-order chi connectivity index (χ0) is 20.9. The Labute approximate surface area is 180 Å². The van der Waals surface area contributed by atoms with E-state index < -0.39 is 0 Å². The third-order valence-corrected chi connectivity index (χ3v) is 5.97. The summed E-state index contributed by atoms with van der Waals surface area (Å²) in [6, 6.07) is 13.6. The van der Waals surface area contributed by atoms with Crippen molar-refractivity contribution in [2.24, 2.45) is 0 Å². The van der Waals surface area contributed by atoms with Crippen LogP contribution < -0.4 is 5.32 Å². The van der Waals surface area contributed by atoms with Crippen molar-refractivity contribution in [1.82, 2.24) is 9.88 Å². The van der Waals surface area contributed by atoms with Crippen LogP contribution >= 0.6 is 11.3 Å².